The van der Waals surface area contributed by atoms with E-state index in [4.69, 9.17) is 19.5 Å². The maximum absolute atomic E-state index is 12.6. The Morgan fingerprint density at radius 3 is 2.53 bits per heavy atom. The molecule has 1 saturated heterocycles. The van der Waals surface area contributed by atoms with Crippen LogP contribution in [-0.4, -0.2) is 71.0 Å². The summed E-state index contributed by atoms with van der Waals surface area (Å²) < 4.78 is 53.3. The van der Waals surface area contributed by atoms with E-state index in [1.807, 2.05) is 0 Å². The highest BCUT2D eigenvalue weighted by Gasteiger charge is 2.49. The van der Waals surface area contributed by atoms with Gasteiger partial charge in [0.1, 0.15) is 17.3 Å². The smallest absolute Gasteiger partial charge is 0.422 e. The molecule has 166 valence electrons. The maximum atomic E-state index is 12.6. The number of likely N-dealkylation sites (tertiary alicyclic amines) is 1. The third kappa shape index (κ3) is 6.14. The molecule has 0 bridgehead atoms. The minimum atomic E-state index is -4.62. The first kappa shape index (κ1) is 23.6. The summed E-state index contributed by atoms with van der Waals surface area (Å²) in [5.41, 5.74) is -2.63. The molecule has 0 aromatic heterocycles. The number of rotatable bonds is 5. The Morgan fingerprint density at radius 2 is 2.00 bits per heavy atom. The Kier molecular flexibility index (Phi) is 6.73. The van der Waals surface area contributed by atoms with Gasteiger partial charge in [0, 0.05) is 6.07 Å². The zero-order chi connectivity index (χ0) is 22.7. The molecule has 2 N–H and O–H groups in total. The molecule has 8 nitrogen and oxygen atoms in total. The van der Waals surface area contributed by atoms with Crippen molar-refractivity contribution in [3.05, 3.63) is 23.8 Å². The van der Waals surface area contributed by atoms with E-state index in [0.29, 0.717) is 0 Å². The van der Waals surface area contributed by atoms with Gasteiger partial charge in [-0.05, 0) is 32.9 Å². The van der Waals surface area contributed by atoms with Gasteiger partial charge < -0.3 is 29.3 Å². The van der Waals surface area contributed by atoms with Crippen molar-refractivity contribution in [1.82, 2.24) is 4.90 Å². The Balaban J connectivity index is 2.24. The second-order valence-corrected chi connectivity index (χ2v) is 7.91. The molecule has 1 aromatic carbocycles. The molecule has 1 fully saturated rings. The molecule has 0 unspecified atom stereocenters. The highest BCUT2D eigenvalue weighted by molar-refractivity contribution is 5.69. The number of aliphatic hydroxyl groups is 2. The fourth-order valence-electron chi connectivity index (χ4n) is 2.73. The number of aliphatic hydroxyl groups excluding tert-OH is 1. The van der Waals surface area contributed by atoms with Crippen molar-refractivity contribution in [2.75, 3.05) is 26.3 Å². The monoisotopic (exact) mass is 432 g/mol. The molecule has 0 saturated carbocycles. The average Bonchev–Trinajstić information content (AvgIpc) is 2.96. The number of amides is 1. The van der Waals surface area contributed by atoms with Crippen LogP contribution < -0.4 is 9.47 Å². The van der Waals surface area contributed by atoms with Gasteiger partial charge in [0.25, 0.3) is 0 Å². The number of nitrogens with zero attached hydrogens (tertiary/aromatic N) is 2. The van der Waals surface area contributed by atoms with Crippen LogP contribution in [-0.2, 0) is 4.74 Å². The summed E-state index contributed by atoms with van der Waals surface area (Å²) in [5.74, 6) is -0.538. The summed E-state index contributed by atoms with van der Waals surface area (Å²) in [5, 5.41) is 29.3. The first-order valence-corrected chi connectivity index (χ1v) is 8.98. The standard InChI is InChI=1S/C19H23F3N2O6/c1-17(2,3)30-16(26)24-8-15(18(27,9-24)10-25)29-13-5-4-12(7-23)6-14(13)28-11-19(20,21)22/h4-6,15,25,27H,8-11H2,1-3H3/t15-,18+/m0/s1. The first-order valence-electron chi connectivity index (χ1n) is 8.98. The van der Waals surface area contributed by atoms with Crippen molar-refractivity contribution in [2.24, 2.45) is 0 Å². The van der Waals surface area contributed by atoms with Crippen molar-refractivity contribution >= 4 is 6.09 Å². The predicted octanol–water partition coefficient (Wildman–Crippen LogP) is 2.22. The summed E-state index contributed by atoms with van der Waals surface area (Å²) in [7, 11) is 0. The SMILES string of the molecule is CC(C)(C)OC(=O)N1C[C@H](Oc2ccc(C#N)cc2OCC(F)(F)F)[C@](O)(CO)C1. The Hall–Kier alpha value is -2.71. The van der Waals surface area contributed by atoms with Gasteiger partial charge in [-0.3, -0.25) is 0 Å². The zero-order valence-electron chi connectivity index (χ0n) is 16.7. The van der Waals surface area contributed by atoms with Gasteiger partial charge in [-0.2, -0.15) is 18.4 Å². The van der Waals surface area contributed by atoms with Gasteiger partial charge in [0.05, 0.1) is 31.3 Å². The van der Waals surface area contributed by atoms with Crippen molar-refractivity contribution in [1.29, 1.82) is 5.26 Å². The van der Waals surface area contributed by atoms with E-state index in [2.05, 4.69) is 0 Å². The third-order valence-corrected chi connectivity index (χ3v) is 4.11. The highest BCUT2D eigenvalue weighted by Crippen LogP contribution is 2.34. The van der Waals surface area contributed by atoms with Crippen LogP contribution in [0.3, 0.4) is 0 Å². The van der Waals surface area contributed by atoms with Crippen LogP contribution in [0.25, 0.3) is 0 Å². The number of nitriles is 1. The normalized spacial score (nSPS) is 21.8. The molecule has 0 radical (unpaired) electrons. The largest absolute Gasteiger partial charge is 0.481 e. The molecule has 0 aliphatic carbocycles. The minimum Gasteiger partial charge on any atom is -0.481 e. The van der Waals surface area contributed by atoms with Crippen LogP contribution in [0.5, 0.6) is 11.5 Å². The summed E-state index contributed by atoms with van der Waals surface area (Å²) in [6, 6.07) is 5.37. The van der Waals surface area contributed by atoms with E-state index in [1.165, 1.54) is 12.1 Å². The van der Waals surface area contributed by atoms with E-state index in [1.54, 1.807) is 26.8 Å². The molecule has 2 rings (SSSR count). The van der Waals surface area contributed by atoms with Gasteiger partial charge in [0.15, 0.2) is 18.1 Å². The topological polar surface area (TPSA) is 112 Å². The van der Waals surface area contributed by atoms with Crippen LogP contribution in [0, 0.1) is 11.3 Å². The second-order valence-electron chi connectivity index (χ2n) is 7.91. The van der Waals surface area contributed by atoms with Crippen molar-refractivity contribution in [3.63, 3.8) is 0 Å². The van der Waals surface area contributed by atoms with Crippen molar-refractivity contribution in [2.45, 2.75) is 44.3 Å². The van der Waals surface area contributed by atoms with E-state index in [-0.39, 0.29) is 30.2 Å². The molecule has 30 heavy (non-hydrogen) atoms. The number of benzene rings is 1. The number of hydrogen-bond donors (Lipinski definition) is 2. The fraction of sp³-hybridized carbons (Fsp3) is 0.579. The number of hydrogen-bond acceptors (Lipinski definition) is 7. The van der Waals surface area contributed by atoms with Gasteiger partial charge in [-0.1, -0.05) is 0 Å². The number of alkyl halides is 3. The number of carbonyl (C=O) groups excluding carboxylic acids is 1. The Bertz CT molecular complexity index is 818. The zero-order valence-corrected chi connectivity index (χ0v) is 16.7. The average molecular weight is 432 g/mol. The number of ether oxygens (including phenoxy) is 3. The summed E-state index contributed by atoms with van der Waals surface area (Å²) in [4.78, 5) is 13.4. The van der Waals surface area contributed by atoms with E-state index < -0.39 is 42.8 Å². The van der Waals surface area contributed by atoms with Crippen LogP contribution >= 0.6 is 0 Å². The van der Waals surface area contributed by atoms with Crippen LogP contribution in [0.2, 0.25) is 0 Å². The molecular formula is C19H23F3N2O6. The molecule has 1 aliphatic rings. The van der Waals surface area contributed by atoms with Crippen LogP contribution in [0.4, 0.5) is 18.0 Å². The molecule has 1 aliphatic heterocycles. The number of carbonyl (C=O) groups is 1. The summed E-state index contributed by atoms with van der Waals surface area (Å²) >= 11 is 0. The maximum Gasteiger partial charge on any atom is 0.422 e. The molecule has 11 heteroatoms. The molecule has 0 spiro atoms. The van der Waals surface area contributed by atoms with E-state index >= 15 is 0 Å². The highest BCUT2D eigenvalue weighted by atomic mass is 19.4. The first-order chi connectivity index (χ1) is 13.8. The fourth-order valence-corrected chi connectivity index (χ4v) is 2.73. The molecule has 1 amide bonds. The Morgan fingerprint density at radius 1 is 1.33 bits per heavy atom. The molecule has 1 aromatic rings. The lowest BCUT2D eigenvalue weighted by Crippen LogP contribution is -2.48. The van der Waals surface area contributed by atoms with Crippen LogP contribution in [0.15, 0.2) is 18.2 Å². The molecule has 1 heterocycles. The lowest BCUT2D eigenvalue weighted by Gasteiger charge is -2.27. The molecule has 2 atom stereocenters. The lowest BCUT2D eigenvalue weighted by atomic mass is 10.0. The number of β-amino-alcohol motifs (C(OH)–C–C–N with tert-alkyl or cyclic N) is 1. The van der Waals surface area contributed by atoms with Gasteiger partial charge in [-0.15, -0.1) is 0 Å². The predicted molar refractivity (Wildman–Crippen MR) is 97.0 cm³/mol. The van der Waals surface area contributed by atoms with Crippen molar-refractivity contribution in [3.8, 4) is 17.6 Å². The Labute approximate surface area is 171 Å². The minimum absolute atomic E-state index is 0.0405. The molecular weight excluding hydrogens is 409 g/mol. The van der Waals surface area contributed by atoms with Gasteiger partial charge in [-0.25, -0.2) is 4.79 Å². The van der Waals surface area contributed by atoms with E-state index in [9.17, 15) is 28.2 Å². The second kappa shape index (κ2) is 8.57. The van der Waals surface area contributed by atoms with Gasteiger partial charge >= 0.3 is 12.3 Å². The number of halogens is 3. The third-order valence-electron chi connectivity index (χ3n) is 4.11. The van der Waals surface area contributed by atoms with Crippen molar-refractivity contribution < 1.29 is 42.4 Å². The lowest BCUT2D eigenvalue weighted by molar-refractivity contribution is -0.153. The summed E-state index contributed by atoms with van der Waals surface area (Å²) in [6.45, 7) is 2.10. The van der Waals surface area contributed by atoms with Crippen LogP contribution in [0.1, 0.15) is 26.3 Å². The van der Waals surface area contributed by atoms with E-state index in [0.717, 1.165) is 11.0 Å². The van der Waals surface area contributed by atoms with Gasteiger partial charge in [0.2, 0.25) is 0 Å². The quantitative estimate of drug-likeness (QED) is 0.734. The summed E-state index contributed by atoms with van der Waals surface area (Å²) in [6.07, 6.45) is -6.54.